The van der Waals surface area contributed by atoms with E-state index in [1.807, 2.05) is 0 Å². The van der Waals surface area contributed by atoms with Crippen LogP contribution in [-0.4, -0.2) is 52.6 Å². The number of nitrogens with one attached hydrogen (secondary N) is 2. The van der Waals surface area contributed by atoms with Crippen molar-refractivity contribution in [2.75, 3.05) is 24.6 Å². The van der Waals surface area contributed by atoms with E-state index < -0.39 is 25.1 Å². The second kappa shape index (κ2) is 6.67. The van der Waals surface area contributed by atoms with Gasteiger partial charge in [0.15, 0.2) is 9.84 Å². The molecule has 1 atom stereocenters. The first-order valence-corrected chi connectivity index (χ1v) is 9.59. The Morgan fingerprint density at radius 2 is 2.00 bits per heavy atom. The SMILES string of the molecule is CCC(=O)NCCCNS(=O)(=O)[C@@H]1CCS(=O)(=O)C1. The van der Waals surface area contributed by atoms with Crippen molar-refractivity contribution in [1.29, 1.82) is 0 Å². The van der Waals surface area contributed by atoms with Gasteiger partial charge < -0.3 is 5.32 Å². The van der Waals surface area contributed by atoms with E-state index in [1.54, 1.807) is 6.92 Å². The molecular formula is C10H20N2O5S2. The van der Waals surface area contributed by atoms with Crippen molar-refractivity contribution >= 4 is 25.8 Å². The smallest absolute Gasteiger partial charge is 0.219 e. The molecule has 2 N–H and O–H groups in total. The van der Waals surface area contributed by atoms with Gasteiger partial charge in [-0.3, -0.25) is 4.79 Å². The Balaban J connectivity index is 2.30. The molecule has 1 amide bonds. The van der Waals surface area contributed by atoms with Gasteiger partial charge in [-0.25, -0.2) is 21.6 Å². The van der Waals surface area contributed by atoms with Gasteiger partial charge in [0.05, 0.1) is 16.8 Å². The first-order valence-electron chi connectivity index (χ1n) is 6.22. The molecule has 1 rings (SSSR count). The van der Waals surface area contributed by atoms with E-state index in [0.29, 0.717) is 19.4 Å². The van der Waals surface area contributed by atoms with Gasteiger partial charge in [-0.15, -0.1) is 0 Å². The Kier molecular flexibility index (Phi) is 5.75. The van der Waals surface area contributed by atoms with E-state index in [1.165, 1.54) is 0 Å². The fourth-order valence-corrected chi connectivity index (χ4v) is 5.90. The number of amides is 1. The van der Waals surface area contributed by atoms with E-state index in [-0.39, 0.29) is 30.4 Å². The van der Waals surface area contributed by atoms with Gasteiger partial charge in [0.25, 0.3) is 0 Å². The summed E-state index contributed by atoms with van der Waals surface area (Å²) in [7, 11) is -6.78. The average molecular weight is 312 g/mol. The van der Waals surface area contributed by atoms with Crippen LogP contribution in [0.3, 0.4) is 0 Å². The molecule has 0 bridgehead atoms. The number of sulfonamides is 1. The van der Waals surface area contributed by atoms with Crippen molar-refractivity contribution in [3.63, 3.8) is 0 Å². The molecular weight excluding hydrogens is 292 g/mol. The molecule has 0 saturated carbocycles. The third-order valence-corrected chi connectivity index (χ3v) is 6.80. The van der Waals surface area contributed by atoms with Gasteiger partial charge in [0.1, 0.15) is 0 Å². The van der Waals surface area contributed by atoms with E-state index >= 15 is 0 Å². The minimum absolute atomic E-state index is 0.0644. The maximum Gasteiger partial charge on any atom is 0.219 e. The van der Waals surface area contributed by atoms with Crippen molar-refractivity contribution in [1.82, 2.24) is 10.0 Å². The maximum absolute atomic E-state index is 11.8. The number of rotatable bonds is 7. The largest absolute Gasteiger partial charge is 0.356 e. The van der Waals surface area contributed by atoms with Gasteiger partial charge in [0.2, 0.25) is 15.9 Å². The summed E-state index contributed by atoms with van der Waals surface area (Å²) in [4.78, 5) is 10.9. The van der Waals surface area contributed by atoms with Crippen LogP contribution in [0.1, 0.15) is 26.2 Å². The lowest BCUT2D eigenvalue weighted by Crippen LogP contribution is -2.36. The molecule has 0 spiro atoms. The van der Waals surface area contributed by atoms with Crippen LogP contribution in [0.15, 0.2) is 0 Å². The topological polar surface area (TPSA) is 109 Å². The van der Waals surface area contributed by atoms with Crippen LogP contribution in [-0.2, 0) is 24.7 Å². The first-order chi connectivity index (χ1) is 8.77. The van der Waals surface area contributed by atoms with Gasteiger partial charge in [-0.1, -0.05) is 6.92 Å². The second-order valence-corrected chi connectivity index (χ2v) is 8.80. The molecule has 1 aliphatic heterocycles. The van der Waals surface area contributed by atoms with Crippen molar-refractivity contribution in [3.8, 4) is 0 Å². The lowest BCUT2D eigenvalue weighted by molar-refractivity contribution is -0.120. The standard InChI is InChI=1S/C10H20N2O5S2/c1-2-10(13)11-5-3-6-12-19(16,17)9-4-7-18(14,15)8-9/h9,12H,2-8H2,1H3,(H,11,13)/t9-/m1/s1. The highest BCUT2D eigenvalue weighted by Crippen LogP contribution is 2.17. The molecule has 0 aromatic rings. The number of hydrogen-bond donors (Lipinski definition) is 2. The minimum Gasteiger partial charge on any atom is -0.356 e. The number of hydrogen-bond acceptors (Lipinski definition) is 5. The van der Waals surface area contributed by atoms with Crippen LogP contribution in [0.5, 0.6) is 0 Å². The fourth-order valence-electron chi connectivity index (χ4n) is 1.78. The normalized spacial score (nSPS) is 22.3. The summed E-state index contributed by atoms with van der Waals surface area (Å²) in [6.45, 7) is 2.33. The Labute approximate surface area is 114 Å². The van der Waals surface area contributed by atoms with Gasteiger partial charge in [-0.05, 0) is 12.8 Å². The molecule has 0 unspecified atom stereocenters. The van der Waals surface area contributed by atoms with Gasteiger partial charge in [0, 0.05) is 19.5 Å². The Bertz CT molecular complexity index is 512. The predicted octanol–water partition coefficient (Wildman–Crippen LogP) is -0.991. The highest BCUT2D eigenvalue weighted by molar-refractivity contribution is 7.95. The quantitative estimate of drug-likeness (QED) is 0.587. The van der Waals surface area contributed by atoms with Crippen LogP contribution < -0.4 is 10.0 Å². The fraction of sp³-hybridized carbons (Fsp3) is 0.900. The molecule has 0 aromatic carbocycles. The minimum atomic E-state index is -3.58. The van der Waals surface area contributed by atoms with E-state index in [0.717, 1.165) is 0 Å². The molecule has 0 radical (unpaired) electrons. The zero-order chi connectivity index (χ0) is 14.5. The van der Waals surface area contributed by atoms with Crippen molar-refractivity contribution in [2.24, 2.45) is 0 Å². The summed E-state index contributed by atoms with van der Waals surface area (Å²) < 4.78 is 48.5. The van der Waals surface area contributed by atoms with Crippen molar-refractivity contribution in [3.05, 3.63) is 0 Å². The summed E-state index contributed by atoms with van der Waals surface area (Å²) in [5.41, 5.74) is 0. The van der Waals surface area contributed by atoms with Crippen LogP contribution in [0.2, 0.25) is 0 Å². The summed E-state index contributed by atoms with van der Waals surface area (Å²) in [5.74, 6) is -0.440. The summed E-state index contributed by atoms with van der Waals surface area (Å²) in [5, 5.41) is 1.79. The molecule has 1 aliphatic rings. The van der Waals surface area contributed by atoms with E-state index in [9.17, 15) is 21.6 Å². The summed E-state index contributed by atoms with van der Waals surface area (Å²) in [6, 6.07) is 0. The Morgan fingerprint density at radius 1 is 1.32 bits per heavy atom. The van der Waals surface area contributed by atoms with Crippen LogP contribution in [0.25, 0.3) is 0 Å². The highest BCUT2D eigenvalue weighted by atomic mass is 32.2. The Morgan fingerprint density at radius 3 is 2.53 bits per heavy atom. The van der Waals surface area contributed by atoms with Crippen LogP contribution >= 0.6 is 0 Å². The lowest BCUT2D eigenvalue weighted by atomic mass is 10.4. The third-order valence-electron chi connectivity index (χ3n) is 2.93. The third kappa shape index (κ3) is 5.45. The molecule has 1 fully saturated rings. The molecule has 7 nitrogen and oxygen atoms in total. The average Bonchev–Trinajstić information content (AvgIpc) is 2.69. The zero-order valence-corrected chi connectivity index (χ0v) is 12.5. The van der Waals surface area contributed by atoms with Crippen LogP contribution in [0.4, 0.5) is 0 Å². The predicted molar refractivity (Wildman–Crippen MR) is 71.9 cm³/mol. The van der Waals surface area contributed by atoms with Gasteiger partial charge >= 0.3 is 0 Å². The Hall–Kier alpha value is -0.670. The molecule has 1 saturated heterocycles. The van der Waals surface area contributed by atoms with Crippen molar-refractivity contribution in [2.45, 2.75) is 31.4 Å². The number of carbonyl (C=O) groups is 1. The zero-order valence-electron chi connectivity index (χ0n) is 10.9. The monoisotopic (exact) mass is 312 g/mol. The van der Waals surface area contributed by atoms with E-state index in [2.05, 4.69) is 10.0 Å². The number of carbonyl (C=O) groups excluding carboxylic acids is 1. The molecule has 9 heteroatoms. The van der Waals surface area contributed by atoms with Crippen LogP contribution in [0, 0.1) is 0 Å². The molecule has 0 aliphatic carbocycles. The van der Waals surface area contributed by atoms with E-state index in [4.69, 9.17) is 0 Å². The highest BCUT2D eigenvalue weighted by Gasteiger charge is 2.36. The lowest BCUT2D eigenvalue weighted by Gasteiger charge is -2.11. The molecule has 19 heavy (non-hydrogen) atoms. The molecule has 0 aromatic heterocycles. The summed E-state index contributed by atoms with van der Waals surface area (Å²) in [6.07, 6.45) is 1.03. The number of sulfone groups is 1. The summed E-state index contributed by atoms with van der Waals surface area (Å²) >= 11 is 0. The van der Waals surface area contributed by atoms with Crippen molar-refractivity contribution < 1.29 is 21.6 Å². The second-order valence-electron chi connectivity index (χ2n) is 4.52. The van der Waals surface area contributed by atoms with Gasteiger partial charge in [-0.2, -0.15) is 0 Å². The molecule has 112 valence electrons. The first kappa shape index (κ1) is 16.4. The maximum atomic E-state index is 11.8. The molecule has 1 heterocycles.